The normalized spacial score (nSPS) is 12.6. The highest BCUT2D eigenvalue weighted by molar-refractivity contribution is 5.91. The van der Waals surface area contributed by atoms with E-state index in [4.69, 9.17) is 9.47 Å². The van der Waals surface area contributed by atoms with Crippen molar-refractivity contribution in [3.63, 3.8) is 0 Å². The Morgan fingerprint density at radius 3 is 3.04 bits per heavy atom. The molecule has 3 aromatic rings. The molecule has 0 saturated heterocycles. The van der Waals surface area contributed by atoms with E-state index in [-0.39, 0.29) is 19.1 Å². The van der Waals surface area contributed by atoms with Crippen LogP contribution in [0.5, 0.6) is 11.5 Å². The van der Waals surface area contributed by atoms with Gasteiger partial charge >= 0.3 is 0 Å². The summed E-state index contributed by atoms with van der Waals surface area (Å²) < 4.78 is 12.2. The third-order valence-corrected chi connectivity index (χ3v) is 3.47. The maximum absolute atomic E-state index is 12.2. The van der Waals surface area contributed by atoms with E-state index in [2.05, 4.69) is 20.5 Å². The molecule has 0 radical (unpaired) electrons. The summed E-state index contributed by atoms with van der Waals surface area (Å²) in [5.74, 6) is 1.95. The van der Waals surface area contributed by atoms with Gasteiger partial charge in [-0.25, -0.2) is 4.98 Å². The van der Waals surface area contributed by atoms with Crippen LogP contribution in [0, 0.1) is 6.92 Å². The number of hydrogen-bond donors (Lipinski definition) is 1. The molecule has 1 aliphatic rings. The van der Waals surface area contributed by atoms with E-state index in [9.17, 15) is 4.79 Å². The molecule has 1 amide bonds. The van der Waals surface area contributed by atoms with E-state index < -0.39 is 0 Å². The van der Waals surface area contributed by atoms with Gasteiger partial charge in [-0.1, -0.05) is 6.07 Å². The molecular weight excluding hydrogens is 298 g/mol. The Labute approximate surface area is 131 Å². The molecule has 0 fully saturated rings. The quantitative estimate of drug-likeness (QED) is 0.785. The van der Waals surface area contributed by atoms with Gasteiger partial charge in [-0.05, 0) is 30.7 Å². The van der Waals surface area contributed by atoms with E-state index in [0.717, 1.165) is 11.3 Å². The van der Waals surface area contributed by atoms with Crippen LogP contribution in [0.4, 0.5) is 5.95 Å². The summed E-state index contributed by atoms with van der Waals surface area (Å²) in [6, 6.07) is 7.25. The molecule has 8 nitrogen and oxygen atoms in total. The topological polar surface area (TPSA) is 90.6 Å². The lowest BCUT2D eigenvalue weighted by molar-refractivity contribution is -0.115. The van der Waals surface area contributed by atoms with Crippen LogP contribution >= 0.6 is 0 Å². The predicted octanol–water partition coefficient (Wildman–Crippen LogP) is 1.34. The largest absolute Gasteiger partial charge is 0.454 e. The van der Waals surface area contributed by atoms with Crippen molar-refractivity contribution < 1.29 is 14.3 Å². The highest BCUT2D eigenvalue weighted by Gasteiger charge is 2.15. The maximum atomic E-state index is 12.2. The van der Waals surface area contributed by atoms with Crippen LogP contribution in [-0.2, 0) is 11.2 Å². The Balaban J connectivity index is 1.51. The van der Waals surface area contributed by atoms with E-state index in [1.165, 1.54) is 0 Å². The van der Waals surface area contributed by atoms with Crippen LogP contribution < -0.4 is 14.8 Å². The molecule has 0 atom stereocenters. The minimum atomic E-state index is -0.196. The smallest absolute Gasteiger partial charge is 0.256 e. The lowest BCUT2D eigenvalue weighted by atomic mass is 10.1. The number of amides is 1. The number of carbonyl (C=O) groups excluding carboxylic acids is 1. The molecule has 0 bridgehead atoms. The van der Waals surface area contributed by atoms with E-state index in [0.29, 0.717) is 23.2 Å². The highest BCUT2D eigenvalue weighted by atomic mass is 16.7. The molecule has 0 unspecified atom stereocenters. The third-order valence-electron chi connectivity index (χ3n) is 3.47. The van der Waals surface area contributed by atoms with Crippen molar-refractivity contribution >= 4 is 17.6 Å². The number of aryl methyl sites for hydroxylation is 1. The summed E-state index contributed by atoms with van der Waals surface area (Å²) in [5.41, 5.74) is 1.66. The Kier molecular flexibility index (Phi) is 3.07. The molecule has 1 aromatic carbocycles. The standard InChI is InChI=1S/C15H13N5O3/c1-9-4-5-20-14(16-9)18-19-15(20)17-13(21)7-10-2-3-11-12(6-10)23-8-22-11/h2-6H,7-8H2,1H3,(H,17,19,21). The zero-order valence-electron chi connectivity index (χ0n) is 12.3. The zero-order chi connectivity index (χ0) is 15.8. The van der Waals surface area contributed by atoms with Gasteiger partial charge in [0.05, 0.1) is 6.42 Å². The lowest BCUT2D eigenvalue weighted by Gasteiger charge is -2.04. The molecular formula is C15H13N5O3. The molecule has 3 heterocycles. The van der Waals surface area contributed by atoms with Gasteiger partial charge in [0.2, 0.25) is 18.6 Å². The lowest BCUT2D eigenvalue weighted by Crippen LogP contribution is -2.16. The fourth-order valence-corrected chi connectivity index (χ4v) is 2.36. The summed E-state index contributed by atoms with van der Waals surface area (Å²) in [7, 11) is 0. The summed E-state index contributed by atoms with van der Waals surface area (Å²) in [5, 5.41) is 10.6. The molecule has 4 rings (SSSR count). The third kappa shape index (κ3) is 2.54. The number of rotatable bonds is 3. The van der Waals surface area contributed by atoms with Crippen LogP contribution in [-0.4, -0.2) is 32.3 Å². The van der Waals surface area contributed by atoms with Crippen molar-refractivity contribution in [3.05, 3.63) is 41.7 Å². The number of benzene rings is 1. The number of carbonyl (C=O) groups is 1. The van der Waals surface area contributed by atoms with Crippen LogP contribution in [0.15, 0.2) is 30.5 Å². The van der Waals surface area contributed by atoms with E-state index in [1.54, 1.807) is 22.7 Å². The average molecular weight is 311 g/mol. The van der Waals surface area contributed by atoms with Crippen molar-refractivity contribution in [2.45, 2.75) is 13.3 Å². The first-order valence-corrected chi connectivity index (χ1v) is 7.06. The second-order valence-corrected chi connectivity index (χ2v) is 5.18. The molecule has 2 aromatic heterocycles. The van der Waals surface area contributed by atoms with Gasteiger partial charge in [-0.3, -0.25) is 14.5 Å². The van der Waals surface area contributed by atoms with Crippen LogP contribution in [0.1, 0.15) is 11.3 Å². The first kappa shape index (κ1) is 13.5. The van der Waals surface area contributed by atoms with Crippen molar-refractivity contribution in [3.8, 4) is 11.5 Å². The minimum absolute atomic E-state index is 0.196. The van der Waals surface area contributed by atoms with E-state index in [1.807, 2.05) is 19.1 Å². The van der Waals surface area contributed by atoms with Gasteiger partial charge < -0.3 is 9.47 Å². The Hall–Kier alpha value is -3.16. The fraction of sp³-hybridized carbons (Fsp3) is 0.200. The number of nitrogens with zero attached hydrogens (tertiary/aromatic N) is 4. The van der Waals surface area contributed by atoms with E-state index >= 15 is 0 Å². The molecule has 23 heavy (non-hydrogen) atoms. The van der Waals surface area contributed by atoms with Crippen molar-refractivity contribution in [1.82, 2.24) is 19.6 Å². The second-order valence-electron chi connectivity index (χ2n) is 5.18. The van der Waals surface area contributed by atoms with Crippen molar-refractivity contribution in [2.24, 2.45) is 0 Å². The van der Waals surface area contributed by atoms with Gasteiger partial charge in [-0.2, -0.15) is 0 Å². The molecule has 0 saturated carbocycles. The number of aromatic nitrogens is 4. The van der Waals surface area contributed by atoms with Gasteiger partial charge in [0.25, 0.3) is 5.78 Å². The molecule has 0 aliphatic carbocycles. The summed E-state index contributed by atoms with van der Waals surface area (Å²) in [6.45, 7) is 2.08. The molecule has 1 N–H and O–H groups in total. The van der Waals surface area contributed by atoms with Crippen LogP contribution in [0.25, 0.3) is 5.78 Å². The van der Waals surface area contributed by atoms with Gasteiger partial charge in [-0.15, -0.1) is 10.2 Å². The zero-order valence-corrected chi connectivity index (χ0v) is 12.3. The molecule has 116 valence electrons. The highest BCUT2D eigenvalue weighted by Crippen LogP contribution is 2.32. The average Bonchev–Trinajstić information content (AvgIpc) is 3.13. The van der Waals surface area contributed by atoms with Crippen molar-refractivity contribution in [2.75, 3.05) is 12.1 Å². The molecule has 8 heteroatoms. The van der Waals surface area contributed by atoms with Gasteiger partial charge in [0.15, 0.2) is 11.5 Å². The maximum Gasteiger partial charge on any atom is 0.256 e. The minimum Gasteiger partial charge on any atom is -0.454 e. The Morgan fingerprint density at radius 1 is 1.26 bits per heavy atom. The summed E-state index contributed by atoms with van der Waals surface area (Å²) >= 11 is 0. The number of ether oxygens (including phenoxy) is 2. The molecule has 1 aliphatic heterocycles. The predicted molar refractivity (Wildman–Crippen MR) is 80.4 cm³/mol. The van der Waals surface area contributed by atoms with Gasteiger partial charge in [0.1, 0.15) is 0 Å². The van der Waals surface area contributed by atoms with Crippen molar-refractivity contribution in [1.29, 1.82) is 0 Å². The van der Waals surface area contributed by atoms with Crippen LogP contribution in [0.3, 0.4) is 0 Å². The first-order valence-electron chi connectivity index (χ1n) is 7.06. The Morgan fingerprint density at radius 2 is 2.13 bits per heavy atom. The second kappa shape index (κ2) is 5.24. The number of hydrogen-bond acceptors (Lipinski definition) is 6. The number of nitrogens with one attached hydrogen (secondary N) is 1. The SMILES string of the molecule is Cc1ccn2c(NC(=O)Cc3ccc4c(c3)OCO4)nnc2n1. The first-order chi connectivity index (χ1) is 11.2. The Bertz CT molecular complexity index is 905. The number of fused-ring (bicyclic) bond motifs is 2. The fourth-order valence-electron chi connectivity index (χ4n) is 2.36. The summed E-state index contributed by atoms with van der Waals surface area (Å²) in [4.78, 5) is 16.4. The summed E-state index contributed by atoms with van der Waals surface area (Å²) in [6.07, 6.45) is 1.97. The number of anilines is 1. The monoisotopic (exact) mass is 311 g/mol. The van der Waals surface area contributed by atoms with Gasteiger partial charge in [0, 0.05) is 11.9 Å². The molecule has 0 spiro atoms. The van der Waals surface area contributed by atoms with Crippen LogP contribution in [0.2, 0.25) is 0 Å².